The highest BCUT2D eigenvalue weighted by molar-refractivity contribution is 6.30. The number of aromatic nitrogens is 2. The number of aryl methyl sites for hydroxylation is 2. The molecule has 134 valence electrons. The van der Waals surface area contributed by atoms with E-state index in [-0.39, 0.29) is 5.91 Å². The Kier molecular flexibility index (Phi) is 5.09. The lowest BCUT2D eigenvalue weighted by Gasteiger charge is -2.19. The van der Waals surface area contributed by atoms with Crippen LogP contribution in [0, 0.1) is 13.8 Å². The molecule has 3 rings (SSSR count). The van der Waals surface area contributed by atoms with E-state index in [0.29, 0.717) is 28.4 Å². The maximum absolute atomic E-state index is 12.8. The van der Waals surface area contributed by atoms with E-state index in [1.807, 2.05) is 26.0 Å². The molecule has 0 spiro atoms. The van der Waals surface area contributed by atoms with Gasteiger partial charge in [-0.15, -0.1) is 0 Å². The number of methoxy groups -OCH3 is 1. The molecule has 0 aliphatic rings. The van der Waals surface area contributed by atoms with Crippen LogP contribution in [0.25, 0.3) is 11.0 Å². The SMILES string of the molecule is COc1ccc(Cl)cc1CN(C)C(=O)c1ccc2nc(C)c(C)nc2c1. The highest BCUT2D eigenvalue weighted by Gasteiger charge is 2.16. The third-order valence-corrected chi connectivity index (χ3v) is 4.55. The van der Waals surface area contributed by atoms with E-state index < -0.39 is 0 Å². The maximum Gasteiger partial charge on any atom is 0.253 e. The molecule has 0 fully saturated rings. The first-order chi connectivity index (χ1) is 12.4. The van der Waals surface area contributed by atoms with Gasteiger partial charge in [0.1, 0.15) is 5.75 Å². The molecule has 0 radical (unpaired) electrons. The summed E-state index contributed by atoms with van der Waals surface area (Å²) >= 11 is 6.07. The van der Waals surface area contributed by atoms with Crippen LogP contribution in [0.2, 0.25) is 5.02 Å². The van der Waals surface area contributed by atoms with Gasteiger partial charge in [0.15, 0.2) is 0 Å². The fourth-order valence-electron chi connectivity index (χ4n) is 2.78. The fraction of sp³-hybridized carbons (Fsp3) is 0.250. The minimum atomic E-state index is -0.103. The molecular formula is C20H20ClN3O2. The number of halogens is 1. The number of hydrogen-bond acceptors (Lipinski definition) is 4. The van der Waals surface area contributed by atoms with Crippen LogP contribution in [-0.2, 0) is 6.54 Å². The van der Waals surface area contributed by atoms with Crippen LogP contribution in [0.3, 0.4) is 0 Å². The van der Waals surface area contributed by atoms with Crippen molar-refractivity contribution in [2.75, 3.05) is 14.2 Å². The highest BCUT2D eigenvalue weighted by Crippen LogP contribution is 2.24. The zero-order chi connectivity index (χ0) is 18.8. The van der Waals surface area contributed by atoms with Crippen LogP contribution in [0.15, 0.2) is 36.4 Å². The molecule has 2 aromatic carbocycles. The summed E-state index contributed by atoms with van der Waals surface area (Å²) in [5.74, 6) is 0.596. The van der Waals surface area contributed by atoms with Gasteiger partial charge in [0.25, 0.3) is 5.91 Å². The molecule has 26 heavy (non-hydrogen) atoms. The van der Waals surface area contributed by atoms with E-state index in [2.05, 4.69) is 9.97 Å². The molecule has 0 saturated carbocycles. The zero-order valence-electron chi connectivity index (χ0n) is 15.2. The lowest BCUT2D eigenvalue weighted by atomic mass is 10.1. The number of ether oxygens (including phenoxy) is 1. The van der Waals surface area contributed by atoms with Crippen molar-refractivity contribution in [3.63, 3.8) is 0 Å². The van der Waals surface area contributed by atoms with Crippen molar-refractivity contribution in [2.24, 2.45) is 0 Å². The number of carbonyl (C=O) groups excluding carboxylic acids is 1. The number of benzene rings is 2. The number of amides is 1. The predicted molar refractivity (Wildman–Crippen MR) is 103 cm³/mol. The van der Waals surface area contributed by atoms with Gasteiger partial charge in [0.05, 0.1) is 29.5 Å². The Labute approximate surface area is 157 Å². The van der Waals surface area contributed by atoms with Gasteiger partial charge < -0.3 is 9.64 Å². The average molecular weight is 370 g/mol. The minimum absolute atomic E-state index is 0.103. The Morgan fingerprint density at radius 3 is 2.46 bits per heavy atom. The Morgan fingerprint density at radius 1 is 1.08 bits per heavy atom. The van der Waals surface area contributed by atoms with Gasteiger partial charge in [0, 0.05) is 29.7 Å². The number of hydrogen-bond donors (Lipinski definition) is 0. The summed E-state index contributed by atoms with van der Waals surface area (Å²) in [6.45, 7) is 4.22. The molecule has 0 aliphatic heterocycles. The third kappa shape index (κ3) is 3.63. The first kappa shape index (κ1) is 18.1. The van der Waals surface area contributed by atoms with E-state index >= 15 is 0 Å². The molecule has 0 N–H and O–H groups in total. The van der Waals surface area contributed by atoms with Crippen molar-refractivity contribution < 1.29 is 9.53 Å². The van der Waals surface area contributed by atoms with Crippen molar-refractivity contribution in [1.29, 1.82) is 0 Å². The number of carbonyl (C=O) groups is 1. The van der Waals surface area contributed by atoms with E-state index in [1.54, 1.807) is 43.3 Å². The summed E-state index contributed by atoms with van der Waals surface area (Å²) in [5.41, 5.74) is 4.67. The molecule has 0 bridgehead atoms. The van der Waals surface area contributed by atoms with Gasteiger partial charge in [-0.2, -0.15) is 0 Å². The molecule has 0 aliphatic carbocycles. The van der Waals surface area contributed by atoms with E-state index in [1.165, 1.54) is 0 Å². The highest BCUT2D eigenvalue weighted by atomic mass is 35.5. The first-order valence-electron chi connectivity index (χ1n) is 8.22. The van der Waals surface area contributed by atoms with E-state index in [0.717, 1.165) is 22.5 Å². The van der Waals surface area contributed by atoms with Crippen molar-refractivity contribution in [3.05, 3.63) is 63.9 Å². The molecular weight excluding hydrogens is 350 g/mol. The molecule has 1 heterocycles. The van der Waals surface area contributed by atoms with E-state index in [4.69, 9.17) is 16.3 Å². The largest absolute Gasteiger partial charge is 0.496 e. The van der Waals surface area contributed by atoms with Crippen molar-refractivity contribution in [2.45, 2.75) is 20.4 Å². The number of nitrogens with zero attached hydrogens (tertiary/aromatic N) is 3. The van der Waals surface area contributed by atoms with Gasteiger partial charge >= 0.3 is 0 Å². The zero-order valence-corrected chi connectivity index (χ0v) is 16.0. The lowest BCUT2D eigenvalue weighted by molar-refractivity contribution is 0.0784. The predicted octanol–water partition coefficient (Wildman–Crippen LogP) is 4.18. The molecule has 0 atom stereocenters. The van der Waals surface area contributed by atoms with Crippen LogP contribution in [-0.4, -0.2) is 34.9 Å². The second-order valence-corrected chi connectivity index (χ2v) is 6.65. The Hall–Kier alpha value is -2.66. The maximum atomic E-state index is 12.8. The molecule has 3 aromatic rings. The minimum Gasteiger partial charge on any atom is -0.496 e. The Bertz CT molecular complexity index is 988. The molecule has 5 nitrogen and oxygen atoms in total. The summed E-state index contributed by atoms with van der Waals surface area (Å²) in [7, 11) is 3.35. The van der Waals surface area contributed by atoms with E-state index in [9.17, 15) is 4.79 Å². The van der Waals surface area contributed by atoms with Crippen molar-refractivity contribution in [3.8, 4) is 5.75 Å². The Morgan fingerprint density at radius 2 is 1.77 bits per heavy atom. The van der Waals surface area contributed by atoms with Crippen LogP contribution in [0.4, 0.5) is 0 Å². The summed E-state index contributed by atoms with van der Waals surface area (Å²) in [4.78, 5) is 23.5. The number of fused-ring (bicyclic) bond motifs is 1. The van der Waals surface area contributed by atoms with Gasteiger partial charge in [0.2, 0.25) is 0 Å². The summed E-state index contributed by atoms with van der Waals surface area (Å²) in [5, 5.41) is 0.605. The topological polar surface area (TPSA) is 55.3 Å². The number of rotatable bonds is 4. The van der Waals surface area contributed by atoms with Gasteiger partial charge in [-0.1, -0.05) is 11.6 Å². The Balaban J connectivity index is 1.88. The molecule has 0 unspecified atom stereocenters. The fourth-order valence-corrected chi connectivity index (χ4v) is 2.98. The van der Waals surface area contributed by atoms with Crippen LogP contribution in [0.1, 0.15) is 27.3 Å². The standard InChI is InChI=1S/C20H20ClN3O2/c1-12-13(2)23-18-10-14(5-7-17(18)22-12)20(25)24(3)11-15-9-16(21)6-8-19(15)26-4/h5-10H,11H2,1-4H3. The first-order valence-corrected chi connectivity index (χ1v) is 8.59. The van der Waals surface area contributed by atoms with Crippen LogP contribution < -0.4 is 4.74 Å². The average Bonchev–Trinajstić information content (AvgIpc) is 2.62. The monoisotopic (exact) mass is 369 g/mol. The molecule has 0 saturated heterocycles. The summed E-state index contributed by atoms with van der Waals surface area (Å²) < 4.78 is 5.35. The van der Waals surface area contributed by atoms with Gasteiger partial charge in [-0.05, 0) is 50.2 Å². The van der Waals surface area contributed by atoms with Crippen molar-refractivity contribution in [1.82, 2.24) is 14.9 Å². The third-order valence-electron chi connectivity index (χ3n) is 4.32. The quantitative estimate of drug-likeness (QED) is 0.692. The normalized spacial score (nSPS) is 10.8. The second kappa shape index (κ2) is 7.30. The van der Waals surface area contributed by atoms with Crippen LogP contribution in [0.5, 0.6) is 5.75 Å². The summed E-state index contributed by atoms with van der Waals surface area (Å²) in [6, 6.07) is 10.8. The molecule has 1 amide bonds. The van der Waals surface area contributed by atoms with Crippen molar-refractivity contribution >= 4 is 28.5 Å². The van der Waals surface area contributed by atoms with Gasteiger partial charge in [-0.3, -0.25) is 4.79 Å². The smallest absolute Gasteiger partial charge is 0.253 e. The summed E-state index contributed by atoms with van der Waals surface area (Å²) in [6.07, 6.45) is 0. The van der Waals surface area contributed by atoms with Gasteiger partial charge in [-0.25, -0.2) is 9.97 Å². The lowest BCUT2D eigenvalue weighted by Crippen LogP contribution is -2.26. The molecule has 1 aromatic heterocycles. The second-order valence-electron chi connectivity index (χ2n) is 6.22. The van der Waals surface area contributed by atoms with Crippen LogP contribution >= 0.6 is 11.6 Å². The molecule has 6 heteroatoms.